The van der Waals surface area contributed by atoms with Gasteiger partial charge in [0, 0.05) is 23.7 Å². The highest BCUT2D eigenvalue weighted by Gasteiger charge is 2.38. The molecule has 1 aliphatic carbocycles. The third-order valence-electron chi connectivity index (χ3n) is 5.33. The van der Waals surface area contributed by atoms with Crippen molar-refractivity contribution in [2.75, 3.05) is 5.32 Å². The summed E-state index contributed by atoms with van der Waals surface area (Å²) in [5, 5.41) is 14.6. The van der Waals surface area contributed by atoms with Crippen LogP contribution in [0.2, 0.25) is 0 Å². The van der Waals surface area contributed by atoms with Gasteiger partial charge in [0.15, 0.2) is 0 Å². The number of aryl methyl sites for hydroxylation is 1. The second-order valence-corrected chi connectivity index (χ2v) is 6.56. The van der Waals surface area contributed by atoms with E-state index in [1.54, 1.807) is 12.1 Å². The predicted octanol–water partition coefficient (Wildman–Crippen LogP) is 4.98. The Balaban J connectivity index is 1.76. The molecule has 0 radical (unpaired) electrons. The quantitative estimate of drug-likeness (QED) is 0.493. The first-order chi connectivity index (χ1) is 11.7. The number of non-ortho nitro benzene ring substituents is 1. The van der Waals surface area contributed by atoms with Gasteiger partial charge in [-0.15, -0.1) is 0 Å². The van der Waals surface area contributed by atoms with Gasteiger partial charge >= 0.3 is 0 Å². The zero-order valence-corrected chi connectivity index (χ0v) is 13.6. The minimum absolute atomic E-state index is 0.144. The number of para-hydroxylation sites is 1. The van der Waals surface area contributed by atoms with Crippen LogP contribution >= 0.6 is 0 Å². The molecule has 122 valence electrons. The monoisotopic (exact) mass is 320 g/mol. The van der Waals surface area contributed by atoms with E-state index >= 15 is 0 Å². The van der Waals surface area contributed by atoms with Gasteiger partial charge in [0.1, 0.15) is 0 Å². The average Bonchev–Trinajstić information content (AvgIpc) is 3.10. The van der Waals surface area contributed by atoms with Crippen LogP contribution in [0.25, 0.3) is 0 Å². The first kappa shape index (κ1) is 14.9. The van der Waals surface area contributed by atoms with Crippen molar-refractivity contribution in [1.82, 2.24) is 0 Å². The summed E-state index contributed by atoms with van der Waals surface area (Å²) in [5.41, 5.74) is 5.22. The summed E-state index contributed by atoms with van der Waals surface area (Å²) in [6.45, 7) is 2.18. The van der Waals surface area contributed by atoms with E-state index in [1.807, 2.05) is 12.1 Å². The Morgan fingerprint density at radius 1 is 1.21 bits per heavy atom. The van der Waals surface area contributed by atoms with Crippen LogP contribution in [0.5, 0.6) is 0 Å². The Labute approximate surface area is 141 Å². The van der Waals surface area contributed by atoms with E-state index in [-0.39, 0.29) is 16.7 Å². The number of nitro groups is 1. The van der Waals surface area contributed by atoms with E-state index < -0.39 is 0 Å². The van der Waals surface area contributed by atoms with Gasteiger partial charge in [0.05, 0.1) is 11.0 Å². The van der Waals surface area contributed by atoms with E-state index in [4.69, 9.17) is 0 Å². The summed E-state index contributed by atoms with van der Waals surface area (Å²) >= 11 is 0. The lowest BCUT2D eigenvalue weighted by Gasteiger charge is -2.38. The fourth-order valence-electron chi connectivity index (χ4n) is 4.11. The molecule has 0 unspecified atom stereocenters. The van der Waals surface area contributed by atoms with E-state index in [0.29, 0.717) is 11.8 Å². The summed E-state index contributed by atoms with van der Waals surface area (Å²) in [4.78, 5) is 10.6. The van der Waals surface area contributed by atoms with Crippen LogP contribution in [0.4, 0.5) is 11.4 Å². The minimum atomic E-state index is -0.345. The van der Waals surface area contributed by atoms with Crippen LogP contribution in [-0.2, 0) is 6.42 Å². The molecule has 4 heteroatoms. The maximum absolute atomic E-state index is 10.9. The molecule has 4 nitrogen and oxygen atoms in total. The van der Waals surface area contributed by atoms with E-state index in [9.17, 15) is 10.1 Å². The molecule has 1 heterocycles. The van der Waals surface area contributed by atoms with Crippen molar-refractivity contribution in [1.29, 1.82) is 0 Å². The molecule has 3 atom stereocenters. The number of hydrogen-bond acceptors (Lipinski definition) is 3. The molecule has 24 heavy (non-hydrogen) atoms. The maximum atomic E-state index is 10.9. The lowest BCUT2D eigenvalue weighted by atomic mass is 9.76. The van der Waals surface area contributed by atoms with Crippen molar-refractivity contribution < 1.29 is 4.92 Å². The third kappa shape index (κ3) is 2.30. The SMILES string of the molecule is CCc1cccc2c1N[C@H](c1ccc([N+](=O)[O-])cc1)[C@H]1CC=C[C@H]21. The van der Waals surface area contributed by atoms with Crippen molar-refractivity contribution in [3.63, 3.8) is 0 Å². The molecule has 2 aromatic carbocycles. The lowest BCUT2D eigenvalue weighted by molar-refractivity contribution is -0.384. The van der Waals surface area contributed by atoms with Gasteiger partial charge in [-0.05, 0) is 35.4 Å². The molecule has 2 aromatic rings. The van der Waals surface area contributed by atoms with Gasteiger partial charge < -0.3 is 5.32 Å². The first-order valence-electron chi connectivity index (χ1n) is 8.48. The van der Waals surface area contributed by atoms with Crippen molar-refractivity contribution in [3.8, 4) is 0 Å². The average molecular weight is 320 g/mol. The number of benzene rings is 2. The number of allylic oxidation sites excluding steroid dienone is 2. The Morgan fingerprint density at radius 2 is 2.00 bits per heavy atom. The Bertz CT molecular complexity index is 811. The minimum Gasteiger partial charge on any atom is -0.377 e. The normalized spacial score (nSPS) is 24.1. The number of rotatable bonds is 3. The first-order valence-corrected chi connectivity index (χ1v) is 8.48. The highest BCUT2D eigenvalue weighted by Crippen LogP contribution is 2.50. The second-order valence-electron chi connectivity index (χ2n) is 6.56. The van der Waals surface area contributed by atoms with Crippen molar-refractivity contribution in [2.45, 2.75) is 31.7 Å². The largest absolute Gasteiger partial charge is 0.377 e. The molecular formula is C20H20N2O2. The summed E-state index contributed by atoms with van der Waals surface area (Å²) in [6, 6.07) is 13.7. The zero-order valence-electron chi connectivity index (χ0n) is 13.6. The van der Waals surface area contributed by atoms with Gasteiger partial charge in [-0.2, -0.15) is 0 Å². The molecule has 0 aromatic heterocycles. The molecule has 4 rings (SSSR count). The predicted molar refractivity (Wildman–Crippen MR) is 95.3 cm³/mol. The number of anilines is 1. The summed E-state index contributed by atoms with van der Waals surface area (Å²) in [7, 11) is 0. The van der Waals surface area contributed by atoms with Crippen LogP contribution in [0.1, 0.15) is 42.0 Å². The molecule has 0 saturated heterocycles. The molecule has 1 N–H and O–H groups in total. The van der Waals surface area contributed by atoms with Crippen molar-refractivity contribution in [2.24, 2.45) is 5.92 Å². The molecular weight excluding hydrogens is 300 g/mol. The molecule has 0 bridgehead atoms. The molecule has 0 saturated carbocycles. The third-order valence-corrected chi connectivity index (χ3v) is 5.33. The fraction of sp³-hybridized carbons (Fsp3) is 0.300. The smallest absolute Gasteiger partial charge is 0.269 e. The van der Waals surface area contributed by atoms with Crippen LogP contribution in [-0.4, -0.2) is 4.92 Å². The Morgan fingerprint density at radius 3 is 2.71 bits per heavy atom. The summed E-state index contributed by atoms with van der Waals surface area (Å²) in [6.07, 6.45) is 6.62. The lowest BCUT2D eigenvalue weighted by Crippen LogP contribution is -2.29. The van der Waals surface area contributed by atoms with E-state index in [1.165, 1.54) is 16.8 Å². The summed E-state index contributed by atoms with van der Waals surface area (Å²) < 4.78 is 0. The van der Waals surface area contributed by atoms with Crippen molar-refractivity contribution in [3.05, 3.63) is 81.4 Å². The van der Waals surface area contributed by atoms with Gasteiger partial charge in [0.2, 0.25) is 0 Å². The molecule has 1 aliphatic heterocycles. The van der Waals surface area contributed by atoms with Gasteiger partial charge in [-0.1, -0.05) is 49.4 Å². The number of hydrogen-bond donors (Lipinski definition) is 1. The van der Waals surface area contributed by atoms with Crippen LogP contribution in [0.15, 0.2) is 54.6 Å². The highest BCUT2D eigenvalue weighted by molar-refractivity contribution is 5.64. The Hall–Kier alpha value is -2.62. The molecule has 0 spiro atoms. The van der Waals surface area contributed by atoms with Crippen molar-refractivity contribution >= 4 is 11.4 Å². The number of nitrogens with zero attached hydrogens (tertiary/aromatic N) is 1. The van der Waals surface area contributed by atoms with Gasteiger partial charge in [-0.3, -0.25) is 10.1 Å². The van der Waals surface area contributed by atoms with Crippen LogP contribution in [0, 0.1) is 16.0 Å². The molecule has 0 amide bonds. The van der Waals surface area contributed by atoms with Crippen LogP contribution in [0.3, 0.4) is 0 Å². The van der Waals surface area contributed by atoms with E-state index in [0.717, 1.165) is 18.4 Å². The van der Waals surface area contributed by atoms with Gasteiger partial charge in [0.25, 0.3) is 5.69 Å². The number of fused-ring (bicyclic) bond motifs is 3. The topological polar surface area (TPSA) is 55.2 Å². The Kier molecular flexibility index (Phi) is 3.60. The fourth-order valence-corrected chi connectivity index (χ4v) is 4.11. The zero-order chi connectivity index (χ0) is 16.7. The molecule has 2 aliphatic rings. The second kappa shape index (κ2) is 5.78. The molecule has 0 fully saturated rings. The van der Waals surface area contributed by atoms with Crippen LogP contribution < -0.4 is 5.32 Å². The number of nitrogens with one attached hydrogen (secondary N) is 1. The maximum Gasteiger partial charge on any atom is 0.269 e. The van der Waals surface area contributed by atoms with Gasteiger partial charge in [-0.25, -0.2) is 0 Å². The highest BCUT2D eigenvalue weighted by atomic mass is 16.6. The number of nitro benzene ring substituents is 1. The summed E-state index contributed by atoms with van der Waals surface area (Å²) in [5.74, 6) is 0.888. The standard InChI is InChI=1S/C20H20N2O2/c1-2-13-5-3-7-17-16-6-4-8-18(16)20(21-19(13)17)14-9-11-15(12-10-14)22(23)24/h3-7,9-12,16,18,20-21H,2,8H2,1H3/t16-,18+,20-/m1/s1. The van der Waals surface area contributed by atoms with E-state index in [2.05, 4.69) is 42.6 Å².